The molecule has 31 heavy (non-hydrogen) atoms. The molecular weight excluding hydrogens is 421 g/mol. The number of likely N-dealkylation sites (tertiary alicyclic amines) is 1. The van der Waals surface area contributed by atoms with Gasteiger partial charge in [-0.1, -0.05) is 6.07 Å². The predicted octanol–water partition coefficient (Wildman–Crippen LogP) is 0.969. The molecule has 0 saturated carbocycles. The van der Waals surface area contributed by atoms with E-state index in [4.69, 9.17) is 4.74 Å². The molecule has 2 aromatic rings. The predicted molar refractivity (Wildman–Crippen MR) is 113 cm³/mol. The Labute approximate surface area is 180 Å². The molecule has 7 nitrogen and oxygen atoms in total. The highest BCUT2D eigenvalue weighted by Gasteiger charge is 2.40. The minimum Gasteiger partial charge on any atom is -0.381 e. The summed E-state index contributed by atoms with van der Waals surface area (Å²) in [6.07, 6.45) is 3.24. The number of nitrogens with one attached hydrogen (secondary N) is 2. The number of halogens is 1. The van der Waals surface area contributed by atoms with E-state index in [-0.39, 0.29) is 16.1 Å². The lowest BCUT2D eigenvalue weighted by molar-refractivity contribution is -0.937. The van der Waals surface area contributed by atoms with Gasteiger partial charge < -0.3 is 14.2 Å². The standard InChI is InChI=1S/C22H26FN3O4S/c23-17-2-1-3-19(11-17)31(28,29)24-20-4-5-21-16-10-15(13-26(21)22(20)27)12-25(14-16)18-6-8-30-9-7-18/h1-5,11,15-16,18,24H,6-10,12-14H2/p+1/t15-,16+/m0/s1. The number of sulfonamides is 1. The Hall–Kier alpha value is -2.23. The molecule has 3 atom stereocenters. The lowest BCUT2D eigenvalue weighted by atomic mass is 9.82. The van der Waals surface area contributed by atoms with Gasteiger partial charge in [0.1, 0.15) is 11.5 Å². The molecule has 2 N–H and O–H groups in total. The van der Waals surface area contributed by atoms with Crippen LogP contribution in [0.1, 0.15) is 30.9 Å². The fourth-order valence-corrected chi connectivity index (χ4v) is 6.54. The van der Waals surface area contributed by atoms with Crippen LogP contribution in [0.3, 0.4) is 0 Å². The minimum absolute atomic E-state index is 0.00150. The molecule has 1 unspecified atom stereocenters. The van der Waals surface area contributed by atoms with Crippen LogP contribution in [0.25, 0.3) is 0 Å². The van der Waals surface area contributed by atoms with E-state index >= 15 is 0 Å². The van der Waals surface area contributed by atoms with Crippen LogP contribution >= 0.6 is 0 Å². The van der Waals surface area contributed by atoms with Gasteiger partial charge in [-0.25, -0.2) is 12.8 Å². The van der Waals surface area contributed by atoms with Crippen molar-refractivity contribution in [1.82, 2.24) is 4.57 Å². The van der Waals surface area contributed by atoms with Crippen molar-refractivity contribution in [3.63, 3.8) is 0 Å². The second-order valence-corrected chi connectivity index (χ2v) is 10.6. The van der Waals surface area contributed by atoms with Crippen LogP contribution in [0.4, 0.5) is 10.1 Å². The number of benzene rings is 1. The van der Waals surface area contributed by atoms with Gasteiger partial charge in [-0.05, 0) is 36.8 Å². The second kappa shape index (κ2) is 8.03. The van der Waals surface area contributed by atoms with Crippen molar-refractivity contribution in [2.24, 2.45) is 5.92 Å². The molecule has 3 aliphatic rings. The molecule has 0 aliphatic carbocycles. The van der Waals surface area contributed by atoms with Crippen LogP contribution in [-0.4, -0.2) is 45.3 Å². The Bertz CT molecular complexity index is 1140. The van der Waals surface area contributed by atoms with E-state index in [2.05, 4.69) is 4.72 Å². The van der Waals surface area contributed by atoms with Crippen molar-refractivity contribution < 1.29 is 22.4 Å². The molecule has 1 aromatic carbocycles. The number of aromatic nitrogens is 1. The highest BCUT2D eigenvalue weighted by atomic mass is 32.2. The van der Waals surface area contributed by atoms with Crippen LogP contribution in [0.2, 0.25) is 0 Å². The van der Waals surface area contributed by atoms with Crippen LogP contribution < -0.4 is 15.2 Å². The number of anilines is 1. The molecule has 166 valence electrons. The second-order valence-electron chi connectivity index (χ2n) is 8.90. The fourth-order valence-electron chi connectivity index (χ4n) is 5.45. The summed E-state index contributed by atoms with van der Waals surface area (Å²) < 4.78 is 48.4. The number of quaternary nitrogens is 1. The number of ether oxygens (including phenoxy) is 1. The third-order valence-corrected chi connectivity index (χ3v) is 8.26. The number of fused-ring (bicyclic) bond motifs is 4. The smallest absolute Gasteiger partial charge is 0.275 e. The SMILES string of the molecule is O=c1c(NS(=O)(=O)c2cccc(F)c2)ccc2n1C[C@H]1C[C@@H]2C[NH+](C2CCOCC2)C1. The zero-order valence-corrected chi connectivity index (χ0v) is 18.0. The first-order valence-electron chi connectivity index (χ1n) is 10.8. The molecule has 0 spiro atoms. The van der Waals surface area contributed by atoms with Crippen LogP contribution in [0, 0.1) is 11.7 Å². The lowest BCUT2D eigenvalue weighted by Crippen LogP contribution is -3.18. The first-order valence-corrected chi connectivity index (χ1v) is 12.3. The monoisotopic (exact) mass is 448 g/mol. The van der Waals surface area contributed by atoms with Crippen molar-refractivity contribution >= 4 is 15.7 Å². The van der Waals surface area contributed by atoms with E-state index in [1.165, 1.54) is 18.2 Å². The van der Waals surface area contributed by atoms with Gasteiger partial charge in [0.2, 0.25) is 0 Å². The zero-order valence-electron chi connectivity index (χ0n) is 17.2. The molecule has 0 radical (unpaired) electrons. The Kier molecular flexibility index (Phi) is 5.35. The van der Waals surface area contributed by atoms with E-state index in [9.17, 15) is 17.6 Å². The maximum Gasteiger partial charge on any atom is 0.275 e. The van der Waals surface area contributed by atoms with Crippen LogP contribution in [0.15, 0.2) is 46.1 Å². The van der Waals surface area contributed by atoms with E-state index in [1.54, 1.807) is 15.5 Å². The molecule has 4 heterocycles. The van der Waals surface area contributed by atoms with Gasteiger partial charge >= 0.3 is 0 Å². The normalized spacial score (nSPS) is 26.3. The van der Waals surface area contributed by atoms with Crippen LogP contribution in [0.5, 0.6) is 0 Å². The topological polar surface area (TPSA) is 81.8 Å². The first-order chi connectivity index (χ1) is 14.9. The van der Waals surface area contributed by atoms with Crippen molar-refractivity contribution in [2.45, 2.75) is 42.7 Å². The largest absolute Gasteiger partial charge is 0.381 e. The quantitative estimate of drug-likeness (QED) is 0.731. The van der Waals surface area contributed by atoms with E-state index in [0.717, 1.165) is 57.3 Å². The Morgan fingerprint density at radius 2 is 1.94 bits per heavy atom. The van der Waals surface area contributed by atoms with E-state index < -0.39 is 15.8 Å². The number of piperidine rings is 1. The minimum atomic E-state index is -4.05. The molecule has 1 aromatic heterocycles. The molecule has 3 aliphatic heterocycles. The van der Waals surface area contributed by atoms with Crippen molar-refractivity contribution in [3.05, 3.63) is 58.3 Å². The number of hydrogen-bond acceptors (Lipinski definition) is 4. The van der Waals surface area contributed by atoms with Gasteiger partial charge in [0.15, 0.2) is 0 Å². The van der Waals surface area contributed by atoms with Gasteiger partial charge in [-0.2, -0.15) is 0 Å². The highest BCUT2D eigenvalue weighted by molar-refractivity contribution is 7.92. The van der Waals surface area contributed by atoms with Gasteiger partial charge in [-0.3, -0.25) is 9.52 Å². The average molecular weight is 449 g/mol. The molecule has 9 heteroatoms. The molecule has 2 fully saturated rings. The number of nitrogens with zero attached hydrogens (tertiary/aromatic N) is 1. The number of hydrogen-bond donors (Lipinski definition) is 2. The zero-order chi connectivity index (χ0) is 21.6. The Balaban J connectivity index is 1.40. The summed E-state index contributed by atoms with van der Waals surface area (Å²) in [7, 11) is -4.05. The third kappa shape index (κ3) is 4.02. The average Bonchev–Trinajstić information content (AvgIpc) is 2.76. The van der Waals surface area contributed by atoms with Gasteiger partial charge in [0, 0.05) is 36.9 Å². The maximum atomic E-state index is 13.5. The van der Waals surface area contributed by atoms with Crippen molar-refractivity contribution in [3.8, 4) is 0 Å². The summed E-state index contributed by atoms with van der Waals surface area (Å²) in [4.78, 5) is 14.5. The summed E-state index contributed by atoms with van der Waals surface area (Å²) in [6.45, 7) is 4.29. The van der Waals surface area contributed by atoms with Gasteiger partial charge in [0.25, 0.3) is 15.6 Å². The summed E-state index contributed by atoms with van der Waals surface area (Å²) in [5.41, 5.74) is 0.655. The summed E-state index contributed by atoms with van der Waals surface area (Å²) >= 11 is 0. The summed E-state index contributed by atoms with van der Waals surface area (Å²) in [5, 5.41) is 0. The van der Waals surface area contributed by atoms with E-state index in [1.807, 2.05) is 6.07 Å². The summed E-state index contributed by atoms with van der Waals surface area (Å²) in [5.74, 6) is 0.0539. The molecular formula is C22H27FN3O4S+. The Morgan fingerprint density at radius 3 is 2.71 bits per heavy atom. The number of rotatable bonds is 4. The van der Waals surface area contributed by atoms with Crippen molar-refractivity contribution in [2.75, 3.05) is 31.0 Å². The molecule has 5 rings (SSSR count). The molecule has 0 amide bonds. The van der Waals surface area contributed by atoms with E-state index in [0.29, 0.717) is 24.4 Å². The van der Waals surface area contributed by atoms with Gasteiger partial charge in [0.05, 0.1) is 37.2 Å². The molecule has 2 bridgehead atoms. The van der Waals surface area contributed by atoms with Crippen molar-refractivity contribution in [1.29, 1.82) is 0 Å². The maximum absolute atomic E-state index is 13.5. The first kappa shape index (κ1) is 20.7. The number of pyridine rings is 1. The highest BCUT2D eigenvalue weighted by Crippen LogP contribution is 2.31. The Morgan fingerprint density at radius 1 is 1.13 bits per heavy atom. The van der Waals surface area contributed by atoms with Gasteiger partial charge in [-0.15, -0.1) is 0 Å². The fraction of sp³-hybridized carbons (Fsp3) is 0.500. The lowest BCUT2D eigenvalue weighted by Gasteiger charge is -2.44. The third-order valence-electron chi connectivity index (χ3n) is 6.89. The summed E-state index contributed by atoms with van der Waals surface area (Å²) in [6, 6.07) is 8.80. The molecule has 2 saturated heterocycles. The van der Waals surface area contributed by atoms with Crippen LogP contribution in [-0.2, 0) is 21.3 Å².